The summed E-state index contributed by atoms with van der Waals surface area (Å²) in [6, 6.07) is 8.53. The summed E-state index contributed by atoms with van der Waals surface area (Å²) in [6.45, 7) is 13.1. The lowest BCUT2D eigenvalue weighted by Gasteiger charge is -2.35. The van der Waals surface area contributed by atoms with E-state index in [1.54, 1.807) is 17.3 Å². The average Bonchev–Trinajstić information content (AvgIpc) is 2.84. The molecule has 1 amide bonds. The van der Waals surface area contributed by atoms with E-state index in [9.17, 15) is 4.79 Å². The average molecular weight is 470 g/mol. The fourth-order valence-corrected chi connectivity index (χ4v) is 3.89. The Balaban J connectivity index is 1.21. The number of rotatable bonds is 6. The van der Waals surface area contributed by atoms with Crippen LogP contribution >= 0.6 is 0 Å². The molecule has 2 fully saturated rings. The molecule has 0 aliphatic carbocycles. The van der Waals surface area contributed by atoms with Crippen LogP contribution < -0.4 is 9.64 Å². The van der Waals surface area contributed by atoms with Gasteiger partial charge >= 0.3 is 6.09 Å². The number of carbonyl (C=O) groups is 1. The van der Waals surface area contributed by atoms with Gasteiger partial charge in [0, 0.05) is 45.8 Å². The first-order chi connectivity index (χ1) is 16.4. The van der Waals surface area contributed by atoms with Crippen molar-refractivity contribution in [2.75, 3.05) is 57.4 Å². The molecule has 184 valence electrons. The van der Waals surface area contributed by atoms with Crippen LogP contribution in [0.4, 0.5) is 10.7 Å². The normalized spacial score (nSPS) is 17.5. The molecule has 2 aromatic rings. The van der Waals surface area contributed by atoms with Crippen molar-refractivity contribution in [1.29, 1.82) is 0 Å². The molecule has 0 unspecified atom stereocenters. The summed E-state index contributed by atoms with van der Waals surface area (Å²) in [5, 5.41) is 0. The Kier molecular flexibility index (Phi) is 7.84. The molecule has 2 aliphatic rings. The van der Waals surface area contributed by atoms with Crippen LogP contribution in [0.3, 0.4) is 0 Å². The summed E-state index contributed by atoms with van der Waals surface area (Å²) in [5.74, 6) is 1.28. The summed E-state index contributed by atoms with van der Waals surface area (Å²) in [4.78, 5) is 27.4. The number of hydrogen-bond acceptors (Lipinski definition) is 8. The molecule has 9 nitrogen and oxygen atoms in total. The molecule has 34 heavy (non-hydrogen) atoms. The highest BCUT2D eigenvalue weighted by Gasteiger charge is 2.26. The number of morpholine rings is 1. The van der Waals surface area contributed by atoms with Crippen LogP contribution in [0.1, 0.15) is 31.9 Å². The predicted octanol–water partition coefficient (Wildman–Crippen LogP) is 2.94. The first-order valence-electron chi connectivity index (χ1n) is 11.9. The van der Waals surface area contributed by atoms with Gasteiger partial charge in [0.1, 0.15) is 12.2 Å². The standard InChI is InChI=1S/C25H35N5O4/c1-25(2,3)34-24(31)30-10-8-29(9-11-30)23-26-16-22(17-27-23)33-19-21-6-4-20(5-7-21)18-28-12-14-32-15-13-28/h4-7,16-17H,8-15,18-19H2,1-3H3. The largest absolute Gasteiger partial charge is 0.486 e. The van der Waals surface area contributed by atoms with E-state index >= 15 is 0 Å². The van der Waals surface area contributed by atoms with E-state index in [1.807, 2.05) is 20.8 Å². The Hall–Kier alpha value is -2.91. The molecule has 1 aromatic heterocycles. The highest BCUT2D eigenvalue weighted by Crippen LogP contribution is 2.17. The van der Waals surface area contributed by atoms with E-state index in [4.69, 9.17) is 14.2 Å². The van der Waals surface area contributed by atoms with Gasteiger partial charge in [0.2, 0.25) is 5.95 Å². The molecular weight excluding hydrogens is 434 g/mol. The predicted molar refractivity (Wildman–Crippen MR) is 129 cm³/mol. The monoisotopic (exact) mass is 469 g/mol. The van der Waals surface area contributed by atoms with Gasteiger partial charge in [0.25, 0.3) is 0 Å². The van der Waals surface area contributed by atoms with Crippen LogP contribution in [0.2, 0.25) is 0 Å². The maximum Gasteiger partial charge on any atom is 0.410 e. The lowest BCUT2D eigenvalue weighted by atomic mass is 10.1. The molecule has 4 rings (SSSR count). The van der Waals surface area contributed by atoms with Gasteiger partial charge in [0.15, 0.2) is 5.75 Å². The van der Waals surface area contributed by atoms with E-state index in [1.165, 1.54) is 5.56 Å². The van der Waals surface area contributed by atoms with E-state index in [2.05, 4.69) is 44.0 Å². The van der Waals surface area contributed by atoms with Gasteiger partial charge in [-0.05, 0) is 31.9 Å². The molecule has 2 aliphatic heterocycles. The SMILES string of the molecule is CC(C)(C)OC(=O)N1CCN(c2ncc(OCc3ccc(CN4CCOCC4)cc3)cn2)CC1. The van der Waals surface area contributed by atoms with Gasteiger partial charge in [-0.15, -0.1) is 0 Å². The molecule has 0 spiro atoms. The van der Waals surface area contributed by atoms with E-state index in [-0.39, 0.29) is 6.09 Å². The third-order valence-electron chi connectivity index (χ3n) is 5.77. The molecule has 1 aromatic carbocycles. The lowest BCUT2D eigenvalue weighted by Crippen LogP contribution is -2.50. The van der Waals surface area contributed by atoms with Crippen molar-refractivity contribution in [3.8, 4) is 5.75 Å². The minimum Gasteiger partial charge on any atom is -0.486 e. The third kappa shape index (κ3) is 7.04. The van der Waals surface area contributed by atoms with Crippen LogP contribution in [-0.4, -0.2) is 83.9 Å². The zero-order valence-corrected chi connectivity index (χ0v) is 20.4. The maximum absolute atomic E-state index is 12.2. The summed E-state index contributed by atoms with van der Waals surface area (Å²) < 4.78 is 16.7. The Bertz CT molecular complexity index is 916. The van der Waals surface area contributed by atoms with Crippen molar-refractivity contribution in [2.24, 2.45) is 0 Å². The van der Waals surface area contributed by atoms with Crippen LogP contribution in [-0.2, 0) is 22.6 Å². The fourth-order valence-electron chi connectivity index (χ4n) is 3.89. The molecule has 0 bridgehead atoms. The number of amides is 1. The minimum absolute atomic E-state index is 0.272. The van der Waals surface area contributed by atoms with E-state index < -0.39 is 5.60 Å². The number of hydrogen-bond donors (Lipinski definition) is 0. The highest BCUT2D eigenvalue weighted by atomic mass is 16.6. The number of nitrogens with zero attached hydrogens (tertiary/aromatic N) is 5. The van der Waals surface area contributed by atoms with Crippen molar-refractivity contribution < 1.29 is 19.0 Å². The van der Waals surface area contributed by atoms with Gasteiger partial charge < -0.3 is 24.0 Å². The Labute approximate surface area is 201 Å². The van der Waals surface area contributed by atoms with Gasteiger partial charge in [-0.3, -0.25) is 4.90 Å². The quantitative estimate of drug-likeness (QED) is 0.639. The Morgan fingerprint density at radius 1 is 0.941 bits per heavy atom. The first-order valence-corrected chi connectivity index (χ1v) is 11.9. The lowest BCUT2D eigenvalue weighted by molar-refractivity contribution is 0.0240. The Morgan fingerprint density at radius 2 is 1.56 bits per heavy atom. The molecule has 3 heterocycles. The van der Waals surface area contributed by atoms with Crippen molar-refractivity contribution in [1.82, 2.24) is 19.8 Å². The highest BCUT2D eigenvalue weighted by molar-refractivity contribution is 5.68. The van der Waals surface area contributed by atoms with Crippen LogP contribution in [0.25, 0.3) is 0 Å². The second kappa shape index (κ2) is 11.0. The first kappa shape index (κ1) is 24.2. The summed E-state index contributed by atoms with van der Waals surface area (Å²) in [7, 11) is 0. The van der Waals surface area contributed by atoms with Crippen LogP contribution in [0, 0.1) is 0 Å². The number of anilines is 1. The smallest absolute Gasteiger partial charge is 0.410 e. The molecule has 0 N–H and O–H groups in total. The van der Waals surface area contributed by atoms with E-state index in [0.29, 0.717) is 44.5 Å². The summed E-state index contributed by atoms with van der Waals surface area (Å²) in [6.07, 6.45) is 3.14. The van der Waals surface area contributed by atoms with Gasteiger partial charge in [-0.25, -0.2) is 14.8 Å². The number of aromatic nitrogens is 2. The second-order valence-electron chi connectivity index (χ2n) is 9.67. The van der Waals surface area contributed by atoms with Crippen molar-refractivity contribution >= 4 is 12.0 Å². The van der Waals surface area contributed by atoms with Gasteiger partial charge in [-0.1, -0.05) is 24.3 Å². The fraction of sp³-hybridized carbons (Fsp3) is 0.560. The van der Waals surface area contributed by atoms with Crippen molar-refractivity contribution in [3.05, 3.63) is 47.8 Å². The number of benzene rings is 1. The number of ether oxygens (including phenoxy) is 3. The third-order valence-corrected chi connectivity index (χ3v) is 5.77. The van der Waals surface area contributed by atoms with Crippen molar-refractivity contribution in [2.45, 2.75) is 39.5 Å². The minimum atomic E-state index is -0.488. The zero-order valence-electron chi connectivity index (χ0n) is 20.4. The maximum atomic E-state index is 12.2. The Morgan fingerprint density at radius 3 is 2.18 bits per heavy atom. The molecule has 2 saturated heterocycles. The number of carbonyl (C=O) groups excluding carboxylic acids is 1. The molecule has 0 radical (unpaired) electrons. The van der Waals surface area contributed by atoms with Gasteiger partial charge in [-0.2, -0.15) is 0 Å². The molecular formula is C25H35N5O4. The topological polar surface area (TPSA) is 80.3 Å². The summed E-state index contributed by atoms with van der Waals surface area (Å²) >= 11 is 0. The van der Waals surface area contributed by atoms with Gasteiger partial charge in [0.05, 0.1) is 25.6 Å². The van der Waals surface area contributed by atoms with Crippen LogP contribution in [0.15, 0.2) is 36.7 Å². The summed E-state index contributed by atoms with van der Waals surface area (Å²) in [5.41, 5.74) is 1.91. The van der Waals surface area contributed by atoms with Crippen LogP contribution in [0.5, 0.6) is 5.75 Å². The molecule has 9 heteroatoms. The molecule has 0 saturated carbocycles. The van der Waals surface area contributed by atoms with E-state index in [0.717, 1.165) is 38.4 Å². The molecule has 0 atom stereocenters. The van der Waals surface area contributed by atoms with Crippen molar-refractivity contribution in [3.63, 3.8) is 0 Å². The number of piperazine rings is 1. The second-order valence-corrected chi connectivity index (χ2v) is 9.67. The zero-order chi connectivity index (χ0) is 24.0.